The second-order valence-corrected chi connectivity index (χ2v) is 2.97. The predicted octanol–water partition coefficient (Wildman–Crippen LogP) is 1.58. The van der Waals surface area contributed by atoms with E-state index in [0.29, 0.717) is 0 Å². The van der Waals surface area contributed by atoms with Crippen molar-refractivity contribution in [2.45, 2.75) is 6.92 Å². The van der Waals surface area contributed by atoms with Crippen molar-refractivity contribution in [2.75, 3.05) is 0 Å². The molecule has 5 nitrogen and oxygen atoms in total. The molecule has 1 heterocycles. The van der Waals surface area contributed by atoms with Crippen molar-refractivity contribution in [3.05, 3.63) is 22.2 Å². The van der Waals surface area contributed by atoms with E-state index in [1.165, 1.54) is 19.1 Å². The minimum Gasteiger partial charge on any atom is -0.415 e. The van der Waals surface area contributed by atoms with Gasteiger partial charge in [0.25, 0.3) is 0 Å². The molecule has 0 fully saturated rings. The van der Waals surface area contributed by atoms with Gasteiger partial charge in [0.05, 0.1) is 4.92 Å². The van der Waals surface area contributed by atoms with Crippen LogP contribution in [0.3, 0.4) is 0 Å². The topological polar surface area (TPSA) is 69.4 Å². The van der Waals surface area contributed by atoms with E-state index < -0.39 is 10.9 Å². The van der Waals surface area contributed by atoms with Crippen LogP contribution in [0.2, 0.25) is 0 Å². The van der Waals surface area contributed by atoms with E-state index >= 15 is 0 Å². The normalized spacial score (nSPS) is 9.42. The summed E-state index contributed by atoms with van der Waals surface area (Å²) < 4.78 is 4.62. The first kappa shape index (κ1) is 8.66. The number of nitrogens with zero attached hydrogens (tertiary/aromatic N) is 1. The summed E-state index contributed by atoms with van der Waals surface area (Å²) in [5, 5.41) is 10.4. The van der Waals surface area contributed by atoms with Crippen molar-refractivity contribution in [1.82, 2.24) is 0 Å². The molecule has 6 heteroatoms. The number of hydrogen-bond acceptors (Lipinski definition) is 5. The molecule has 0 aliphatic carbocycles. The molecule has 64 valence electrons. The van der Waals surface area contributed by atoms with Gasteiger partial charge in [0.1, 0.15) is 0 Å². The SMILES string of the molecule is CC(=O)Oc1ccc([N+](=O)[O-])s1. The van der Waals surface area contributed by atoms with E-state index in [1.807, 2.05) is 0 Å². The van der Waals surface area contributed by atoms with Crippen LogP contribution in [-0.4, -0.2) is 10.9 Å². The molecule has 0 aromatic carbocycles. The fourth-order valence-corrected chi connectivity index (χ4v) is 1.32. The maximum atomic E-state index is 10.4. The van der Waals surface area contributed by atoms with E-state index in [1.54, 1.807) is 0 Å². The molecule has 0 spiro atoms. The van der Waals surface area contributed by atoms with Gasteiger partial charge in [-0.1, -0.05) is 0 Å². The summed E-state index contributed by atoms with van der Waals surface area (Å²) in [4.78, 5) is 20.1. The van der Waals surface area contributed by atoms with E-state index in [2.05, 4.69) is 4.74 Å². The molecule has 1 aromatic heterocycles. The highest BCUT2D eigenvalue weighted by atomic mass is 32.1. The standard InChI is InChI=1S/C6H5NO4S/c1-4(8)11-6-3-2-5(12-6)7(9)10/h2-3H,1H3. The molecule has 0 atom stereocenters. The predicted molar refractivity (Wildman–Crippen MR) is 42.3 cm³/mol. The first-order chi connectivity index (χ1) is 5.59. The first-order valence-electron chi connectivity index (χ1n) is 3.02. The van der Waals surface area contributed by atoms with Crippen molar-refractivity contribution in [3.63, 3.8) is 0 Å². The minimum absolute atomic E-state index is 0.0359. The fourth-order valence-electron chi connectivity index (χ4n) is 0.605. The molecular weight excluding hydrogens is 182 g/mol. The second-order valence-electron chi connectivity index (χ2n) is 1.94. The van der Waals surface area contributed by atoms with Crippen molar-refractivity contribution in [2.24, 2.45) is 0 Å². The van der Waals surface area contributed by atoms with Gasteiger partial charge in [0, 0.05) is 13.0 Å². The van der Waals surface area contributed by atoms with Gasteiger partial charge < -0.3 is 4.74 Å². The maximum Gasteiger partial charge on any atom is 0.327 e. The fraction of sp³-hybridized carbons (Fsp3) is 0.167. The molecule has 12 heavy (non-hydrogen) atoms. The highest BCUT2D eigenvalue weighted by molar-refractivity contribution is 7.17. The summed E-state index contributed by atoms with van der Waals surface area (Å²) in [5.74, 6) is -0.480. The number of thiophene rings is 1. The van der Waals surface area contributed by atoms with Crippen LogP contribution in [0.4, 0.5) is 5.00 Å². The van der Waals surface area contributed by atoms with Gasteiger partial charge in [0.15, 0.2) is 5.06 Å². The lowest BCUT2D eigenvalue weighted by Gasteiger charge is -1.91. The zero-order valence-electron chi connectivity index (χ0n) is 6.14. The largest absolute Gasteiger partial charge is 0.415 e. The van der Waals surface area contributed by atoms with Crippen LogP contribution in [0, 0.1) is 10.1 Å². The molecule has 0 amide bonds. The summed E-state index contributed by atoms with van der Waals surface area (Å²) in [6, 6.07) is 2.69. The highest BCUT2D eigenvalue weighted by Gasteiger charge is 2.11. The van der Waals surface area contributed by atoms with Gasteiger partial charge >= 0.3 is 11.0 Å². The minimum atomic E-state index is -0.530. The Labute approximate surface area is 71.7 Å². The Morgan fingerprint density at radius 3 is 2.75 bits per heavy atom. The van der Waals surface area contributed by atoms with Crippen molar-refractivity contribution < 1.29 is 14.5 Å². The van der Waals surface area contributed by atoms with Gasteiger partial charge in [-0.25, -0.2) is 0 Å². The quantitative estimate of drug-likeness (QED) is 0.400. The Kier molecular flexibility index (Phi) is 2.39. The Morgan fingerprint density at radius 1 is 1.67 bits per heavy atom. The van der Waals surface area contributed by atoms with Crippen molar-refractivity contribution >= 4 is 22.3 Å². The third-order valence-electron chi connectivity index (χ3n) is 0.991. The molecule has 0 unspecified atom stereocenters. The summed E-state index contributed by atoms with van der Waals surface area (Å²) in [6.45, 7) is 1.24. The van der Waals surface area contributed by atoms with Gasteiger partial charge in [-0.15, -0.1) is 0 Å². The molecule has 0 saturated heterocycles. The van der Waals surface area contributed by atoms with E-state index in [4.69, 9.17) is 0 Å². The maximum absolute atomic E-state index is 10.4. The monoisotopic (exact) mass is 187 g/mol. The van der Waals surface area contributed by atoms with Crippen LogP contribution in [0.1, 0.15) is 6.92 Å². The number of rotatable bonds is 2. The number of esters is 1. The smallest absolute Gasteiger partial charge is 0.327 e. The van der Waals surface area contributed by atoms with Crippen molar-refractivity contribution in [1.29, 1.82) is 0 Å². The number of carbonyl (C=O) groups is 1. The van der Waals surface area contributed by atoms with Gasteiger partial charge in [-0.3, -0.25) is 14.9 Å². The molecule has 0 bridgehead atoms. The first-order valence-corrected chi connectivity index (χ1v) is 3.84. The molecular formula is C6H5NO4S. The number of ether oxygens (including phenoxy) is 1. The summed E-state index contributed by atoms with van der Waals surface area (Å²) >= 11 is 0.827. The average molecular weight is 187 g/mol. The molecule has 0 N–H and O–H groups in total. The van der Waals surface area contributed by atoms with Crippen molar-refractivity contribution in [3.8, 4) is 5.06 Å². The Balaban J connectivity index is 2.77. The number of nitro groups is 1. The molecule has 1 aromatic rings. The summed E-state index contributed by atoms with van der Waals surface area (Å²) in [5.41, 5.74) is 0. The summed E-state index contributed by atoms with van der Waals surface area (Å²) in [7, 11) is 0. The van der Waals surface area contributed by atoms with E-state index in [0.717, 1.165) is 11.3 Å². The molecule has 0 saturated carbocycles. The second kappa shape index (κ2) is 3.31. The van der Waals surface area contributed by atoms with Gasteiger partial charge in [-0.05, 0) is 17.4 Å². The lowest BCUT2D eigenvalue weighted by Crippen LogP contribution is -1.98. The summed E-state index contributed by atoms with van der Waals surface area (Å²) in [6.07, 6.45) is 0. The van der Waals surface area contributed by atoms with Crippen LogP contribution >= 0.6 is 11.3 Å². The number of carbonyl (C=O) groups excluding carboxylic acids is 1. The Morgan fingerprint density at radius 2 is 2.33 bits per heavy atom. The van der Waals surface area contributed by atoms with Crippen LogP contribution in [0.5, 0.6) is 5.06 Å². The van der Waals surface area contributed by atoms with E-state index in [9.17, 15) is 14.9 Å². The van der Waals surface area contributed by atoms with Crippen LogP contribution < -0.4 is 4.74 Å². The number of hydrogen-bond donors (Lipinski definition) is 0. The van der Waals surface area contributed by atoms with Crippen LogP contribution in [0.25, 0.3) is 0 Å². The average Bonchev–Trinajstić information content (AvgIpc) is 2.34. The lowest BCUT2D eigenvalue weighted by molar-refractivity contribution is -0.380. The zero-order valence-corrected chi connectivity index (χ0v) is 6.96. The Hall–Kier alpha value is -1.43. The molecule has 0 radical (unpaired) electrons. The van der Waals surface area contributed by atoms with Gasteiger partial charge in [0.2, 0.25) is 0 Å². The lowest BCUT2D eigenvalue weighted by atomic mass is 10.6. The third-order valence-corrected chi connectivity index (χ3v) is 1.91. The Bertz CT molecular complexity index is 319. The van der Waals surface area contributed by atoms with E-state index in [-0.39, 0.29) is 10.1 Å². The van der Waals surface area contributed by atoms with Crippen LogP contribution in [-0.2, 0) is 4.79 Å². The molecule has 0 aliphatic rings. The van der Waals surface area contributed by atoms with Crippen LogP contribution in [0.15, 0.2) is 12.1 Å². The molecule has 0 aliphatic heterocycles. The third kappa shape index (κ3) is 2.03. The van der Waals surface area contributed by atoms with Gasteiger partial charge in [-0.2, -0.15) is 0 Å². The zero-order chi connectivity index (χ0) is 9.14. The highest BCUT2D eigenvalue weighted by Crippen LogP contribution is 2.30. The molecule has 1 rings (SSSR count).